The number of benzene rings is 2. The SMILES string of the molecule is CC1(O)C[Si](c2ccccc2)(c2ccccc2)CC1[N+](=O)[O-]. The summed E-state index contributed by atoms with van der Waals surface area (Å²) < 4.78 is 0. The maximum absolute atomic E-state index is 11.4. The summed E-state index contributed by atoms with van der Waals surface area (Å²) in [5.41, 5.74) is -1.26. The summed E-state index contributed by atoms with van der Waals surface area (Å²) >= 11 is 0. The maximum atomic E-state index is 11.4. The van der Waals surface area contributed by atoms with E-state index in [4.69, 9.17) is 0 Å². The van der Waals surface area contributed by atoms with Gasteiger partial charge in [0.05, 0.1) is 0 Å². The molecule has 1 heterocycles. The largest absolute Gasteiger partial charge is 0.383 e. The van der Waals surface area contributed by atoms with E-state index in [9.17, 15) is 15.2 Å². The van der Waals surface area contributed by atoms with Gasteiger partial charge in [0.15, 0.2) is 0 Å². The molecule has 0 radical (unpaired) electrons. The van der Waals surface area contributed by atoms with Gasteiger partial charge in [-0.25, -0.2) is 0 Å². The number of rotatable bonds is 3. The van der Waals surface area contributed by atoms with Gasteiger partial charge in [-0.1, -0.05) is 71.0 Å². The molecule has 1 fully saturated rings. The molecule has 1 aliphatic heterocycles. The molecule has 114 valence electrons. The molecule has 1 saturated heterocycles. The van der Waals surface area contributed by atoms with Crippen LogP contribution in [0.25, 0.3) is 0 Å². The van der Waals surface area contributed by atoms with E-state index in [0.29, 0.717) is 12.1 Å². The van der Waals surface area contributed by atoms with Crippen LogP contribution in [0.1, 0.15) is 6.92 Å². The Labute approximate surface area is 130 Å². The molecule has 0 saturated carbocycles. The second kappa shape index (κ2) is 5.33. The van der Waals surface area contributed by atoms with Crippen molar-refractivity contribution < 1.29 is 10.0 Å². The monoisotopic (exact) mass is 313 g/mol. The highest BCUT2D eigenvalue weighted by Crippen LogP contribution is 2.39. The van der Waals surface area contributed by atoms with E-state index in [1.807, 2.05) is 36.4 Å². The van der Waals surface area contributed by atoms with Gasteiger partial charge in [0, 0.05) is 11.0 Å². The molecule has 1 aliphatic rings. The lowest BCUT2D eigenvalue weighted by molar-refractivity contribution is -0.536. The Bertz CT molecular complexity index is 633. The van der Waals surface area contributed by atoms with Crippen LogP contribution >= 0.6 is 0 Å². The van der Waals surface area contributed by atoms with Crippen molar-refractivity contribution in [3.05, 3.63) is 70.8 Å². The molecule has 4 nitrogen and oxygen atoms in total. The summed E-state index contributed by atoms with van der Waals surface area (Å²) in [4.78, 5) is 11.1. The fraction of sp³-hybridized carbons (Fsp3) is 0.294. The quantitative estimate of drug-likeness (QED) is 0.532. The Balaban J connectivity index is 2.17. The molecule has 2 aromatic rings. The first-order valence-corrected chi connectivity index (χ1v) is 9.84. The zero-order valence-corrected chi connectivity index (χ0v) is 13.5. The third-order valence-corrected chi connectivity index (χ3v) is 10.1. The lowest BCUT2D eigenvalue weighted by Gasteiger charge is -2.28. The zero-order chi connectivity index (χ0) is 15.8. The number of nitrogens with zero attached hydrogens (tertiary/aromatic N) is 1. The molecule has 0 aromatic heterocycles. The van der Waals surface area contributed by atoms with E-state index in [2.05, 4.69) is 24.3 Å². The van der Waals surface area contributed by atoms with Gasteiger partial charge in [0.2, 0.25) is 6.04 Å². The van der Waals surface area contributed by atoms with Gasteiger partial charge < -0.3 is 5.11 Å². The molecule has 1 N–H and O–H groups in total. The van der Waals surface area contributed by atoms with Crippen LogP contribution in [-0.4, -0.2) is 29.7 Å². The highest BCUT2D eigenvalue weighted by Gasteiger charge is 2.60. The molecular formula is C17H19NO3Si. The van der Waals surface area contributed by atoms with Crippen LogP contribution in [0.15, 0.2) is 60.7 Å². The fourth-order valence-corrected chi connectivity index (χ4v) is 9.50. The smallest absolute Gasteiger partial charge is 0.239 e. The Hall–Kier alpha value is -1.98. The second-order valence-corrected chi connectivity index (χ2v) is 10.4. The predicted octanol–water partition coefficient (Wildman–Crippen LogP) is 1.66. The van der Waals surface area contributed by atoms with E-state index >= 15 is 0 Å². The summed E-state index contributed by atoms with van der Waals surface area (Å²) in [5, 5.41) is 24.4. The highest BCUT2D eigenvalue weighted by atomic mass is 28.3. The van der Waals surface area contributed by atoms with Crippen LogP contribution in [-0.2, 0) is 0 Å². The van der Waals surface area contributed by atoms with Crippen molar-refractivity contribution in [2.45, 2.75) is 30.7 Å². The minimum absolute atomic E-state index is 0.305. The van der Waals surface area contributed by atoms with Crippen LogP contribution in [0.5, 0.6) is 0 Å². The van der Waals surface area contributed by atoms with Gasteiger partial charge in [-0.3, -0.25) is 10.1 Å². The van der Waals surface area contributed by atoms with Gasteiger partial charge in [0.1, 0.15) is 13.7 Å². The lowest BCUT2D eigenvalue weighted by atomic mass is 10.0. The molecule has 3 rings (SSSR count). The number of nitro groups is 1. The van der Waals surface area contributed by atoms with Crippen LogP contribution in [0.3, 0.4) is 0 Å². The Morgan fingerprint density at radius 2 is 1.55 bits per heavy atom. The van der Waals surface area contributed by atoms with Crippen molar-refractivity contribution in [2.24, 2.45) is 0 Å². The van der Waals surface area contributed by atoms with Gasteiger partial charge >= 0.3 is 0 Å². The maximum Gasteiger partial charge on any atom is 0.239 e. The van der Waals surface area contributed by atoms with E-state index in [1.54, 1.807) is 6.92 Å². The Morgan fingerprint density at radius 3 is 1.91 bits per heavy atom. The van der Waals surface area contributed by atoms with Crippen LogP contribution in [0.2, 0.25) is 12.1 Å². The van der Waals surface area contributed by atoms with E-state index < -0.39 is 19.7 Å². The summed E-state index contributed by atoms with van der Waals surface area (Å²) in [7, 11) is -2.34. The number of aliphatic hydroxyl groups is 1. The first-order chi connectivity index (χ1) is 10.5. The van der Waals surface area contributed by atoms with Crippen LogP contribution in [0.4, 0.5) is 0 Å². The minimum atomic E-state index is -2.34. The Morgan fingerprint density at radius 1 is 1.09 bits per heavy atom. The molecule has 2 unspecified atom stereocenters. The molecule has 0 bridgehead atoms. The lowest BCUT2D eigenvalue weighted by Crippen LogP contribution is -2.57. The highest BCUT2D eigenvalue weighted by molar-refractivity contribution is 7.03. The van der Waals surface area contributed by atoms with Crippen molar-refractivity contribution in [1.82, 2.24) is 0 Å². The van der Waals surface area contributed by atoms with Crippen LogP contribution in [0, 0.1) is 10.1 Å². The first kappa shape index (κ1) is 14.9. The fourth-order valence-electron chi connectivity index (χ4n) is 3.77. The van der Waals surface area contributed by atoms with Gasteiger partial charge in [0.25, 0.3) is 0 Å². The first-order valence-electron chi connectivity index (χ1n) is 7.43. The average molecular weight is 313 g/mol. The summed E-state index contributed by atoms with van der Waals surface area (Å²) in [6.45, 7) is 1.61. The average Bonchev–Trinajstić information content (AvgIpc) is 2.82. The van der Waals surface area contributed by atoms with Gasteiger partial charge in [-0.15, -0.1) is 0 Å². The summed E-state index contributed by atoms with van der Waals surface area (Å²) in [5.74, 6) is 0. The van der Waals surface area contributed by atoms with Crippen molar-refractivity contribution in [1.29, 1.82) is 0 Å². The number of hydrogen-bond donors (Lipinski definition) is 1. The summed E-state index contributed by atoms with van der Waals surface area (Å²) in [6, 6.07) is 20.0. The molecule has 0 spiro atoms. The third-order valence-electron chi connectivity index (χ3n) is 4.83. The summed E-state index contributed by atoms with van der Waals surface area (Å²) in [6.07, 6.45) is 0. The molecular weight excluding hydrogens is 294 g/mol. The minimum Gasteiger partial charge on any atom is -0.383 e. The van der Waals surface area contributed by atoms with Gasteiger partial charge in [-0.05, 0) is 13.0 Å². The third kappa shape index (κ3) is 2.36. The molecule has 0 aliphatic carbocycles. The van der Waals surface area contributed by atoms with E-state index in [1.165, 1.54) is 0 Å². The predicted molar refractivity (Wildman–Crippen MR) is 88.9 cm³/mol. The van der Waals surface area contributed by atoms with Crippen LogP contribution < -0.4 is 10.4 Å². The second-order valence-electron chi connectivity index (χ2n) is 6.35. The standard InChI is InChI=1S/C17H19NO3Si/c1-17(19)13-22(12-16(17)18(20)21,14-8-4-2-5-9-14)15-10-6-3-7-11-15/h2-11,16,19H,12-13H2,1H3. The Kier molecular flexibility index (Phi) is 3.62. The van der Waals surface area contributed by atoms with E-state index in [-0.39, 0.29) is 4.92 Å². The van der Waals surface area contributed by atoms with Crippen molar-refractivity contribution in [3.8, 4) is 0 Å². The zero-order valence-electron chi connectivity index (χ0n) is 12.5. The van der Waals surface area contributed by atoms with Gasteiger partial charge in [-0.2, -0.15) is 0 Å². The topological polar surface area (TPSA) is 63.4 Å². The molecule has 2 atom stereocenters. The van der Waals surface area contributed by atoms with Crippen molar-refractivity contribution in [2.75, 3.05) is 0 Å². The molecule has 22 heavy (non-hydrogen) atoms. The van der Waals surface area contributed by atoms with Crippen molar-refractivity contribution in [3.63, 3.8) is 0 Å². The molecule has 2 aromatic carbocycles. The molecule has 0 amide bonds. The number of hydrogen-bond acceptors (Lipinski definition) is 3. The van der Waals surface area contributed by atoms with Crippen molar-refractivity contribution >= 4 is 18.4 Å². The van der Waals surface area contributed by atoms with E-state index in [0.717, 1.165) is 10.4 Å². The molecule has 5 heteroatoms. The normalized spacial score (nSPS) is 26.7.